The highest BCUT2D eigenvalue weighted by molar-refractivity contribution is 7.98. The number of aliphatic hydroxyl groups excluding tert-OH is 2. The molecular formula is C11H17ClN2O2S. The third-order valence-electron chi connectivity index (χ3n) is 2.04. The number of aliphatic hydroxyl groups is 2. The lowest BCUT2D eigenvalue weighted by atomic mass is 10.3. The predicted molar refractivity (Wildman–Crippen MR) is 72.7 cm³/mol. The van der Waals surface area contributed by atoms with E-state index >= 15 is 0 Å². The van der Waals surface area contributed by atoms with Gasteiger partial charge in [0.1, 0.15) is 5.82 Å². The molecule has 0 aliphatic rings. The van der Waals surface area contributed by atoms with Crippen molar-refractivity contribution < 1.29 is 10.2 Å². The number of rotatable bonds is 7. The quantitative estimate of drug-likeness (QED) is 0.708. The number of hydrogen-bond donors (Lipinski definition) is 3. The van der Waals surface area contributed by atoms with Crippen LogP contribution in [0.2, 0.25) is 5.02 Å². The minimum Gasteiger partial charge on any atom is -0.394 e. The molecule has 96 valence electrons. The summed E-state index contributed by atoms with van der Waals surface area (Å²) in [7, 11) is 0. The van der Waals surface area contributed by atoms with Crippen molar-refractivity contribution in [1.29, 1.82) is 0 Å². The first-order valence-electron chi connectivity index (χ1n) is 5.43. The molecule has 0 amide bonds. The zero-order valence-corrected chi connectivity index (χ0v) is 11.3. The molecule has 4 nitrogen and oxygen atoms in total. The lowest BCUT2D eigenvalue weighted by molar-refractivity contribution is 0.113. The highest BCUT2D eigenvalue weighted by atomic mass is 35.5. The van der Waals surface area contributed by atoms with Gasteiger partial charge in [0.2, 0.25) is 0 Å². The minimum absolute atomic E-state index is 0.217. The number of anilines is 1. The maximum atomic E-state index is 9.21. The van der Waals surface area contributed by atoms with Gasteiger partial charge >= 0.3 is 0 Å². The summed E-state index contributed by atoms with van der Waals surface area (Å²) in [5, 5.41) is 21.6. The molecule has 1 unspecified atom stereocenters. The molecule has 0 aliphatic carbocycles. The van der Waals surface area contributed by atoms with E-state index in [1.54, 1.807) is 0 Å². The molecule has 6 heteroatoms. The van der Waals surface area contributed by atoms with Gasteiger partial charge in [0.25, 0.3) is 0 Å². The van der Waals surface area contributed by atoms with Crippen LogP contribution in [0.25, 0.3) is 0 Å². The second-order valence-corrected chi connectivity index (χ2v) is 4.94. The van der Waals surface area contributed by atoms with Gasteiger partial charge in [-0.15, -0.1) is 0 Å². The molecule has 0 fully saturated rings. The molecule has 0 bridgehead atoms. The van der Waals surface area contributed by atoms with Crippen LogP contribution in [0.1, 0.15) is 12.6 Å². The first kappa shape index (κ1) is 14.6. The molecule has 17 heavy (non-hydrogen) atoms. The second kappa shape index (κ2) is 7.76. The van der Waals surface area contributed by atoms with E-state index in [1.807, 2.05) is 19.1 Å². The van der Waals surface area contributed by atoms with Gasteiger partial charge in [0, 0.05) is 18.1 Å². The Kier molecular flexibility index (Phi) is 6.65. The zero-order valence-electron chi connectivity index (χ0n) is 9.69. The van der Waals surface area contributed by atoms with Crippen LogP contribution in [0.4, 0.5) is 5.82 Å². The monoisotopic (exact) mass is 276 g/mol. The Morgan fingerprint density at radius 3 is 2.94 bits per heavy atom. The third kappa shape index (κ3) is 5.12. The largest absolute Gasteiger partial charge is 0.394 e. The van der Waals surface area contributed by atoms with Gasteiger partial charge in [-0.3, -0.25) is 0 Å². The summed E-state index contributed by atoms with van der Waals surface area (Å²) >= 11 is 7.53. The number of thioether (sulfide) groups is 1. The fraction of sp³-hybridized carbons (Fsp3) is 0.545. The van der Waals surface area contributed by atoms with Crippen LogP contribution >= 0.6 is 23.4 Å². The van der Waals surface area contributed by atoms with Crippen molar-refractivity contribution in [1.82, 2.24) is 4.98 Å². The molecule has 1 aromatic heterocycles. The molecule has 0 saturated carbocycles. The number of pyridine rings is 1. The van der Waals surface area contributed by atoms with Crippen LogP contribution in [0.3, 0.4) is 0 Å². The van der Waals surface area contributed by atoms with E-state index in [0.29, 0.717) is 16.5 Å². The summed E-state index contributed by atoms with van der Waals surface area (Å²) in [5.41, 5.74) is 0.792. The van der Waals surface area contributed by atoms with Crippen molar-refractivity contribution in [3.05, 3.63) is 22.8 Å². The van der Waals surface area contributed by atoms with E-state index in [0.717, 1.165) is 18.1 Å². The van der Waals surface area contributed by atoms with Crippen LogP contribution in [0.5, 0.6) is 0 Å². The molecule has 0 radical (unpaired) electrons. The highest BCUT2D eigenvalue weighted by Gasteiger charge is 2.06. The van der Waals surface area contributed by atoms with Crippen molar-refractivity contribution in [3.63, 3.8) is 0 Å². The average molecular weight is 277 g/mol. The molecule has 1 rings (SSSR count). The normalized spacial score (nSPS) is 12.5. The summed E-state index contributed by atoms with van der Waals surface area (Å²) in [5.74, 6) is 1.89. The molecule has 3 N–H and O–H groups in total. The van der Waals surface area contributed by atoms with Crippen LogP contribution in [0.15, 0.2) is 12.1 Å². The van der Waals surface area contributed by atoms with Crippen molar-refractivity contribution in [3.8, 4) is 0 Å². The maximum absolute atomic E-state index is 9.21. The van der Waals surface area contributed by atoms with Crippen molar-refractivity contribution >= 4 is 29.2 Å². The maximum Gasteiger partial charge on any atom is 0.126 e. The summed E-state index contributed by atoms with van der Waals surface area (Å²) in [6.07, 6.45) is -0.685. The molecule has 0 aliphatic heterocycles. The predicted octanol–water partition coefficient (Wildman–Crippen LogP) is 1.75. The van der Waals surface area contributed by atoms with Crippen LogP contribution < -0.4 is 5.32 Å². The Morgan fingerprint density at radius 1 is 1.53 bits per heavy atom. The van der Waals surface area contributed by atoms with Gasteiger partial charge in [-0.25, -0.2) is 4.98 Å². The number of aromatic nitrogens is 1. The molecule has 0 spiro atoms. The van der Waals surface area contributed by atoms with Crippen LogP contribution in [-0.2, 0) is 5.75 Å². The SMILES string of the molecule is CCNc1ccc(Cl)c(CSCC(O)CO)n1. The standard InChI is InChI=1S/C11H17ClN2O2S/c1-2-13-11-4-3-9(12)10(14-11)7-17-6-8(16)5-15/h3-4,8,15-16H,2,5-7H2,1H3,(H,13,14). The zero-order chi connectivity index (χ0) is 12.7. The van der Waals surface area contributed by atoms with Gasteiger partial charge in [-0.1, -0.05) is 11.6 Å². The lowest BCUT2D eigenvalue weighted by Crippen LogP contribution is -2.14. The van der Waals surface area contributed by atoms with E-state index < -0.39 is 6.10 Å². The molecule has 0 saturated heterocycles. The van der Waals surface area contributed by atoms with E-state index in [-0.39, 0.29) is 6.61 Å². The second-order valence-electron chi connectivity index (χ2n) is 3.51. The lowest BCUT2D eigenvalue weighted by Gasteiger charge is -2.09. The first-order chi connectivity index (χ1) is 8.17. The van der Waals surface area contributed by atoms with Crippen molar-refractivity contribution in [2.24, 2.45) is 0 Å². The molecule has 0 aromatic carbocycles. The van der Waals surface area contributed by atoms with E-state index in [1.165, 1.54) is 11.8 Å². The first-order valence-corrected chi connectivity index (χ1v) is 6.96. The summed E-state index contributed by atoms with van der Waals surface area (Å²) < 4.78 is 0. The fourth-order valence-electron chi connectivity index (χ4n) is 1.21. The van der Waals surface area contributed by atoms with Gasteiger partial charge in [-0.05, 0) is 19.1 Å². The Morgan fingerprint density at radius 2 is 2.29 bits per heavy atom. The van der Waals surface area contributed by atoms with Gasteiger partial charge in [0.05, 0.1) is 23.4 Å². The number of nitrogens with zero attached hydrogens (tertiary/aromatic N) is 1. The van der Waals surface area contributed by atoms with Crippen molar-refractivity contribution in [2.75, 3.05) is 24.2 Å². The van der Waals surface area contributed by atoms with Gasteiger partial charge < -0.3 is 15.5 Å². The van der Waals surface area contributed by atoms with Crippen LogP contribution in [0, 0.1) is 0 Å². The van der Waals surface area contributed by atoms with Crippen molar-refractivity contribution in [2.45, 2.75) is 18.8 Å². The molecular weight excluding hydrogens is 260 g/mol. The summed E-state index contributed by atoms with van der Waals surface area (Å²) in [4.78, 5) is 4.38. The third-order valence-corrected chi connectivity index (χ3v) is 3.48. The summed E-state index contributed by atoms with van der Waals surface area (Å²) in [6, 6.07) is 3.65. The highest BCUT2D eigenvalue weighted by Crippen LogP contribution is 2.21. The molecule has 1 aromatic rings. The van der Waals surface area contributed by atoms with Gasteiger partial charge in [0.15, 0.2) is 0 Å². The smallest absolute Gasteiger partial charge is 0.126 e. The van der Waals surface area contributed by atoms with E-state index in [9.17, 15) is 5.11 Å². The van der Waals surface area contributed by atoms with E-state index in [4.69, 9.17) is 16.7 Å². The van der Waals surface area contributed by atoms with Gasteiger partial charge in [-0.2, -0.15) is 11.8 Å². The fourth-order valence-corrected chi connectivity index (χ4v) is 2.37. The topological polar surface area (TPSA) is 65.4 Å². The van der Waals surface area contributed by atoms with Crippen LogP contribution in [-0.4, -0.2) is 40.2 Å². The number of halogens is 1. The Labute approximate surface area is 110 Å². The Bertz CT molecular complexity index is 352. The van der Waals surface area contributed by atoms with E-state index in [2.05, 4.69) is 10.3 Å². The Balaban J connectivity index is 2.54. The molecule has 1 atom stereocenters. The minimum atomic E-state index is -0.685. The average Bonchev–Trinajstić information content (AvgIpc) is 2.33. The molecule has 1 heterocycles. The summed E-state index contributed by atoms with van der Waals surface area (Å²) in [6.45, 7) is 2.60. The Hall–Kier alpha value is -0.490. The number of nitrogens with one attached hydrogen (secondary N) is 1. The number of hydrogen-bond acceptors (Lipinski definition) is 5.